The lowest BCUT2D eigenvalue weighted by Crippen LogP contribution is -2.71. The lowest BCUT2D eigenvalue weighted by Gasteiger charge is -2.41. The molecule has 1 atom stereocenters. The molecule has 0 aromatic rings. The lowest BCUT2D eigenvalue weighted by molar-refractivity contribution is -0.433. The van der Waals surface area contributed by atoms with Gasteiger partial charge in [0.05, 0.1) is 18.4 Å². The molecule has 0 heterocycles. The van der Waals surface area contributed by atoms with Crippen LogP contribution in [0, 0.1) is 11.3 Å². The fourth-order valence-corrected chi connectivity index (χ4v) is 2.62. The predicted octanol–water partition coefficient (Wildman–Crippen LogP) is 7.63. The molecular formula is C19H22F14O2. The third-order valence-electron chi connectivity index (χ3n) is 5.21. The molecule has 0 aliphatic carbocycles. The van der Waals surface area contributed by atoms with Crippen molar-refractivity contribution in [1.82, 2.24) is 0 Å². The number of carbonyl (C=O) groups excluding carboxylic acids is 1. The average Bonchev–Trinajstić information content (AvgIpc) is 2.65. The maximum absolute atomic E-state index is 13.8. The van der Waals surface area contributed by atoms with E-state index in [1.165, 1.54) is 40.7 Å². The Morgan fingerprint density at radius 2 is 1.17 bits per heavy atom. The quantitative estimate of drug-likeness (QED) is 0.143. The highest BCUT2D eigenvalue weighted by atomic mass is 19.4. The molecule has 0 aromatic heterocycles. The Labute approximate surface area is 190 Å². The molecule has 0 aliphatic heterocycles. The van der Waals surface area contributed by atoms with Gasteiger partial charge in [0.25, 0.3) is 0 Å². The molecule has 0 spiro atoms. The van der Waals surface area contributed by atoms with Gasteiger partial charge >= 0.3 is 47.9 Å². The van der Waals surface area contributed by atoms with Crippen molar-refractivity contribution in [1.29, 1.82) is 0 Å². The highest BCUT2D eigenvalue weighted by molar-refractivity contribution is 5.79. The SMILES string of the molecule is CC(C)=CC(C)(C(=O)OCCC(F)(F)C(F)(F)C(F)(F)C(F)(F)C(F)(F)C(F)(F)C(F)F)C(C)C. The molecule has 0 amide bonds. The number of alkyl halides is 14. The van der Waals surface area contributed by atoms with E-state index in [1.54, 1.807) is 0 Å². The first-order valence-electron chi connectivity index (χ1n) is 9.56. The monoisotopic (exact) mass is 548 g/mol. The summed E-state index contributed by atoms with van der Waals surface area (Å²) in [5, 5.41) is 0. The first-order valence-corrected chi connectivity index (χ1v) is 9.56. The molecule has 0 rings (SSSR count). The number of hydrogen-bond acceptors (Lipinski definition) is 2. The Hall–Kier alpha value is -1.77. The number of halogens is 14. The molecule has 35 heavy (non-hydrogen) atoms. The minimum Gasteiger partial charge on any atom is -0.465 e. The number of rotatable bonds is 12. The highest BCUT2D eigenvalue weighted by Crippen LogP contribution is 2.61. The van der Waals surface area contributed by atoms with E-state index in [1.807, 2.05) is 0 Å². The van der Waals surface area contributed by atoms with Crippen LogP contribution in [0.2, 0.25) is 0 Å². The molecule has 0 fully saturated rings. The van der Waals surface area contributed by atoms with Gasteiger partial charge in [-0.2, -0.15) is 52.7 Å². The summed E-state index contributed by atoms with van der Waals surface area (Å²) in [6.45, 7) is 5.37. The topological polar surface area (TPSA) is 26.3 Å². The fraction of sp³-hybridized carbons (Fsp3) is 0.842. The van der Waals surface area contributed by atoms with Crippen LogP contribution in [0.25, 0.3) is 0 Å². The van der Waals surface area contributed by atoms with Crippen LogP contribution in [0.15, 0.2) is 11.6 Å². The van der Waals surface area contributed by atoms with Crippen molar-refractivity contribution in [3.63, 3.8) is 0 Å². The van der Waals surface area contributed by atoms with Gasteiger partial charge in [-0.15, -0.1) is 0 Å². The summed E-state index contributed by atoms with van der Waals surface area (Å²) >= 11 is 0. The molecule has 16 heteroatoms. The van der Waals surface area contributed by atoms with E-state index in [-0.39, 0.29) is 0 Å². The number of hydrogen-bond donors (Lipinski definition) is 0. The van der Waals surface area contributed by atoms with Crippen molar-refractivity contribution < 1.29 is 71.0 Å². The summed E-state index contributed by atoms with van der Waals surface area (Å²) in [5.41, 5.74) is -1.03. The zero-order valence-electron chi connectivity index (χ0n) is 18.8. The molecule has 208 valence electrons. The number of ether oxygens (including phenoxy) is 1. The first-order chi connectivity index (χ1) is 15.2. The van der Waals surface area contributed by atoms with Crippen molar-refractivity contribution in [3.05, 3.63) is 11.6 Å². The van der Waals surface area contributed by atoms with Crippen LogP contribution in [0.1, 0.15) is 41.0 Å². The minimum absolute atomic E-state index is 0.512. The molecule has 0 aromatic carbocycles. The van der Waals surface area contributed by atoms with Crippen LogP contribution >= 0.6 is 0 Å². The van der Waals surface area contributed by atoms with Gasteiger partial charge in [-0.25, -0.2) is 8.78 Å². The van der Waals surface area contributed by atoms with Crippen molar-refractivity contribution in [3.8, 4) is 0 Å². The average molecular weight is 548 g/mol. The zero-order chi connectivity index (χ0) is 28.6. The largest absolute Gasteiger partial charge is 0.465 e. The minimum atomic E-state index is -8.08. The van der Waals surface area contributed by atoms with Crippen LogP contribution in [0.3, 0.4) is 0 Å². The van der Waals surface area contributed by atoms with Gasteiger partial charge in [0.15, 0.2) is 0 Å². The van der Waals surface area contributed by atoms with Gasteiger partial charge in [-0.05, 0) is 26.7 Å². The summed E-state index contributed by atoms with van der Waals surface area (Å²) in [4.78, 5) is 12.2. The fourth-order valence-electron chi connectivity index (χ4n) is 2.62. The van der Waals surface area contributed by atoms with Crippen molar-refractivity contribution >= 4 is 5.97 Å². The van der Waals surface area contributed by atoms with Crippen molar-refractivity contribution in [2.75, 3.05) is 6.61 Å². The van der Waals surface area contributed by atoms with E-state index < -0.39 is 72.3 Å². The molecule has 0 aliphatic rings. The third-order valence-corrected chi connectivity index (χ3v) is 5.21. The first kappa shape index (κ1) is 33.2. The Balaban J connectivity index is 6.00. The summed E-state index contributed by atoms with van der Waals surface area (Å²) in [6.07, 6.45) is -7.09. The number of esters is 1. The zero-order valence-corrected chi connectivity index (χ0v) is 18.8. The van der Waals surface area contributed by atoms with E-state index in [9.17, 15) is 66.3 Å². The van der Waals surface area contributed by atoms with Crippen molar-refractivity contribution in [2.24, 2.45) is 11.3 Å². The second-order valence-corrected chi connectivity index (χ2v) is 8.47. The van der Waals surface area contributed by atoms with Gasteiger partial charge in [0.1, 0.15) is 0 Å². The summed E-state index contributed by atoms with van der Waals surface area (Å²) in [7, 11) is 0. The molecule has 2 nitrogen and oxygen atoms in total. The van der Waals surface area contributed by atoms with E-state index in [0.717, 1.165) is 0 Å². The summed E-state index contributed by atoms with van der Waals surface area (Å²) < 4.78 is 190. The van der Waals surface area contributed by atoms with Gasteiger partial charge < -0.3 is 4.74 Å². The van der Waals surface area contributed by atoms with Crippen LogP contribution < -0.4 is 0 Å². The van der Waals surface area contributed by atoms with Crippen LogP contribution in [-0.4, -0.2) is 54.5 Å². The normalized spacial score (nSPS) is 16.4. The highest BCUT2D eigenvalue weighted by Gasteiger charge is 2.91. The summed E-state index contributed by atoms with van der Waals surface area (Å²) in [5.74, 6) is -47.0. The van der Waals surface area contributed by atoms with E-state index >= 15 is 0 Å². The van der Waals surface area contributed by atoms with Gasteiger partial charge in [0, 0.05) is 0 Å². The Kier molecular flexibility index (Phi) is 9.44. The number of carbonyl (C=O) groups is 1. The van der Waals surface area contributed by atoms with E-state index in [2.05, 4.69) is 4.74 Å². The molecule has 0 N–H and O–H groups in total. The maximum atomic E-state index is 13.8. The molecular weight excluding hydrogens is 526 g/mol. The molecule has 0 bridgehead atoms. The second kappa shape index (κ2) is 9.94. The van der Waals surface area contributed by atoms with Crippen LogP contribution in [0.5, 0.6) is 0 Å². The summed E-state index contributed by atoms with van der Waals surface area (Å²) in [6, 6.07) is 0. The predicted molar refractivity (Wildman–Crippen MR) is 93.6 cm³/mol. The number of allylic oxidation sites excluding steroid dienone is 1. The molecule has 1 unspecified atom stereocenters. The molecule has 0 saturated carbocycles. The maximum Gasteiger partial charge on any atom is 0.384 e. The lowest BCUT2D eigenvalue weighted by atomic mass is 9.78. The van der Waals surface area contributed by atoms with Gasteiger partial charge in [-0.1, -0.05) is 25.5 Å². The Bertz CT molecular complexity index is 784. The van der Waals surface area contributed by atoms with Crippen molar-refractivity contribution in [2.45, 2.75) is 83.0 Å². The van der Waals surface area contributed by atoms with Gasteiger partial charge in [0.2, 0.25) is 0 Å². The second-order valence-electron chi connectivity index (χ2n) is 8.47. The smallest absolute Gasteiger partial charge is 0.384 e. The van der Waals surface area contributed by atoms with Gasteiger partial charge in [-0.3, -0.25) is 4.79 Å². The van der Waals surface area contributed by atoms with E-state index in [0.29, 0.717) is 5.57 Å². The van der Waals surface area contributed by atoms with Crippen LogP contribution in [-0.2, 0) is 9.53 Å². The third kappa shape index (κ3) is 5.49. The Morgan fingerprint density at radius 1 is 0.771 bits per heavy atom. The Morgan fingerprint density at radius 3 is 1.51 bits per heavy atom. The van der Waals surface area contributed by atoms with E-state index in [4.69, 9.17) is 0 Å². The molecule has 0 saturated heterocycles. The molecule has 0 radical (unpaired) electrons. The van der Waals surface area contributed by atoms with Crippen LogP contribution in [0.4, 0.5) is 61.5 Å². The standard InChI is InChI=1S/C19H22F14O2/c1-9(2)8-13(5,10(3)4)12(34)35-7-6-14(22,23)16(26,27)18(30,31)19(32,33)17(28,29)15(24,25)11(20)21/h8,10-11H,6-7H2,1-5H3.